The molecule has 1 aliphatic rings. The fourth-order valence-electron chi connectivity index (χ4n) is 2.65. The molecule has 1 aromatic rings. The number of rotatable bonds is 5. The molecule has 5 nitrogen and oxygen atoms in total. The monoisotopic (exact) mass is 312 g/mol. The van der Waals surface area contributed by atoms with E-state index in [2.05, 4.69) is 0 Å². The van der Waals surface area contributed by atoms with Crippen molar-refractivity contribution in [2.24, 2.45) is 11.7 Å². The highest BCUT2D eigenvalue weighted by molar-refractivity contribution is 7.89. The molecule has 0 aromatic heterocycles. The normalized spacial score (nSPS) is 19.9. The van der Waals surface area contributed by atoms with Gasteiger partial charge in [-0.1, -0.05) is 6.07 Å². The van der Waals surface area contributed by atoms with Gasteiger partial charge in [0.1, 0.15) is 0 Å². The Morgan fingerprint density at radius 1 is 1.43 bits per heavy atom. The molecule has 1 aromatic carbocycles. The zero-order valence-electron chi connectivity index (χ0n) is 12.7. The molecule has 6 heteroatoms. The first-order chi connectivity index (χ1) is 9.95. The number of nitrogens with two attached hydrogens (primary N) is 1. The summed E-state index contributed by atoms with van der Waals surface area (Å²) in [4.78, 5) is 0.330. The van der Waals surface area contributed by atoms with E-state index in [4.69, 9.17) is 10.5 Å². The summed E-state index contributed by atoms with van der Waals surface area (Å²) in [6.07, 6.45) is 2.02. The topological polar surface area (TPSA) is 72.6 Å². The van der Waals surface area contributed by atoms with Crippen molar-refractivity contribution in [3.8, 4) is 0 Å². The second kappa shape index (κ2) is 6.87. The fraction of sp³-hybridized carbons (Fsp3) is 0.600. The molecule has 1 atom stereocenters. The summed E-state index contributed by atoms with van der Waals surface area (Å²) >= 11 is 0. The molecule has 2 N–H and O–H groups in total. The first-order valence-electron chi connectivity index (χ1n) is 7.29. The van der Waals surface area contributed by atoms with Crippen molar-refractivity contribution in [3.63, 3.8) is 0 Å². The minimum atomic E-state index is -3.45. The first-order valence-corrected chi connectivity index (χ1v) is 8.73. The zero-order valence-corrected chi connectivity index (χ0v) is 13.5. The summed E-state index contributed by atoms with van der Waals surface area (Å²) < 4.78 is 32.1. The van der Waals surface area contributed by atoms with Crippen LogP contribution in [0.1, 0.15) is 24.0 Å². The quantitative estimate of drug-likeness (QED) is 0.894. The van der Waals surface area contributed by atoms with Crippen molar-refractivity contribution in [2.45, 2.75) is 31.2 Å². The van der Waals surface area contributed by atoms with Gasteiger partial charge in [0, 0.05) is 26.7 Å². The molecule has 0 aliphatic carbocycles. The first kappa shape index (κ1) is 16.4. The van der Waals surface area contributed by atoms with E-state index in [0.717, 1.165) is 30.6 Å². The number of benzene rings is 1. The maximum atomic E-state index is 12.6. The molecule has 118 valence electrons. The van der Waals surface area contributed by atoms with Crippen LogP contribution in [0.5, 0.6) is 0 Å². The van der Waals surface area contributed by atoms with E-state index in [9.17, 15) is 8.42 Å². The average molecular weight is 312 g/mol. The Morgan fingerprint density at radius 2 is 2.19 bits per heavy atom. The largest absolute Gasteiger partial charge is 0.381 e. The maximum Gasteiger partial charge on any atom is 0.242 e. The van der Waals surface area contributed by atoms with Crippen LogP contribution in [-0.4, -0.2) is 39.5 Å². The third kappa shape index (κ3) is 3.83. The Balaban J connectivity index is 2.14. The van der Waals surface area contributed by atoms with E-state index in [1.54, 1.807) is 25.2 Å². The third-order valence-corrected chi connectivity index (χ3v) is 5.83. The van der Waals surface area contributed by atoms with E-state index in [1.165, 1.54) is 4.31 Å². The van der Waals surface area contributed by atoms with Gasteiger partial charge in [0.25, 0.3) is 0 Å². The number of aryl methyl sites for hydroxylation is 1. The Hall–Kier alpha value is -0.950. The molecular weight excluding hydrogens is 288 g/mol. The van der Waals surface area contributed by atoms with E-state index >= 15 is 0 Å². The van der Waals surface area contributed by atoms with Gasteiger partial charge in [0.2, 0.25) is 10.0 Å². The number of nitrogens with zero attached hydrogens (tertiary/aromatic N) is 1. The number of ether oxygens (including phenoxy) is 1. The second-order valence-electron chi connectivity index (χ2n) is 5.66. The lowest BCUT2D eigenvalue weighted by atomic mass is 10.0. The summed E-state index contributed by atoms with van der Waals surface area (Å²) in [5.74, 6) is 0.280. The van der Waals surface area contributed by atoms with Crippen LogP contribution < -0.4 is 5.73 Å². The lowest BCUT2D eigenvalue weighted by Crippen LogP contribution is -2.35. The van der Waals surface area contributed by atoms with Crippen molar-refractivity contribution in [3.05, 3.63) is 29.3 Å². The molecule has 21 heavy (non-hydrogen) atoms. The van der Waals surface area contributed by atoms with Crippen molar-refractivity contribution in [2.75, 3.05) is 26.8 Å². The summed E-state index contributed by atoms with van der Waals surface area (Å²) in [5.41, 5.74) is 7.50. The average Bonchev–Trinajstić information content (AvgIpc) is 2.48. The Kier molecular flexibility index (Phi) is 5.37. The second-order valence-corrected chi connectivity index (χ2v) is 7.71. The van der Waals surface area contributed by atoms with Gasteiger partial charge in [0.15, 0.2) is 0 Å². The number of hydrogen-bond donors (Lipinski definition) is 1. The summed E-state index contributed by atoms with van der Waals surface area (Å²) in [6, 6.07) is 5.13. The van der Waals surface area contributed by atoms with Gasteiger partial charge in [-0.15, -0.1) is 0 Å². The lowest BCUT2D eigenvalue weighted by Gasteiger charge is -2.26. The predicted octanol–water partition coefficient (Wildman–Crippen LogP) is 1.50. The van der Waals surface area contributed by atoms with Crippen molar-refractivity contribution < 1.29 is 13.2 Å². The zero-order chi connectivity index (χ0) is 15.5. The van der Waals surface area contributed by atoms with E-state index < -0.39 is 10.0 Å². The van der Waals surface area contributed by atoms with Crippen LogP contribution in [0.3, 0.4) is 0 Å². The van der Waals surface area contributed by atoms with E-state index in [-0.39, 0.29) is 5.92 Å². The molecule has 2 rings (SSSR count). The molecule has 0 spiro atoms. The van der Waals surface area contributed by atoms with Crippen LogP contribution in [0.4, 0.5) is 0 Å². The number of hydrogen-bond acceptors (Lipinski definition) is 4. The smallest absolute Gasteiger partial charge is 0.242 e. The Labute approximate surface area is 127 Å². The van der Waals surface area contributed by atoms with Gasteiger partial charge in [-0.05, 0) is 48.9 Å². The number of sulfonamides is 1. The van der Waals surface area contributed by atoms with E-state index in [1.807, 2.05) is 6.92 Å². The fourth-order valence-corrected chi connectivity index (χ4v) is 3.98. The SMILES string of the molecule is Cc1cc(S(=O)(=O)N(C)CC2CCCOC2)ccc1CN. The minimum absolute atomic E-state index is 0.280. The third-order valence-electron chi connectivity index (χ3n) is 4.01. The van der Waals surface area contributed by atoms with Crippen LogP contribution in [0.15, 0.2) is 23.1 Å². The van der Waals surface area contributed by atoms with Gasteiger partial charge in [-0.25, -0.2) is 12.7 Å². The molecule has 0 radical (unpaired) electrons. The van der Waals surface area contributed by atoms with Crippen molar-refractivity contribution in [1.29, 1.82) is 0 Å². The molecule has 0 bridgehead atoms. The van der Waals surface area contributed by atoms with Crippen LogP contribution in [0.25, 0.3) is 0 Å². The van der Waals surface area contributed by atoms with Crippen LogP contribution in [0.2, 0.25) is 0 Å². The van der Waals surface area contributed by atoms with Gasteiger partial charge in [-0.3, -0.25) is 0 Å². The Bertz CT molecular complexity index is 581. The summed E-state index contributed by atoms with van der Waals surface area (Å²) in [7, 11) is -1.81. The van der Waals surface area contributed by atoms with Gasteiger partial charge in [0.05, 0.1) is 11.5 Å². The minimum Gasteiger partial charge on any atom is -0.381 e. The molecule has 1 aliphatic heterocycles. The van der Waals surface area contributed by atoms with Crippen LogP contribution in [-0.2, 0) is 21.3 Å². The lowest BCUT2D eigenvalue weighted by molar-refractivity contribution is 0.0495. The highest BCUT2D eigenvalue weighted by Gasteiger charge is 2.25. The highest BCUT2D eigenvalue weighted by Crippen LogP contribution is 2.21. The van der Waals surface area contributed by atoms with E-state index in [0.29, 0.717) is 24.6 Å². The van der Waals surface area contributed by atoms with Crippen LogP contribution >= 0.6 is 0 Å². The van der Waals surface area contributed by atoms with Gasteiger partial charge in [-0.2, -0.15) is 0 Å². The van der Waals surface area contributed by atoms with Crippen molar-refractivity contribution >= 4 is 10.0 Å². The molecule has 0 saturated carbocycles. The molecule has 0 amide bonds. The van der Waals surface area contributed by atoms with Gasteiger partial charge < -0.3 is 10.5 Å². The summed E-state index contributed by atoms with van der Waals surface area (Å²) in [6.45, 7) is 4.23. The molecule has 1 unspecified atom stereocenters. The van der Waals surface area contributed by atoms with Gasteiger partial charge >= 0.3 is 0 Å². The van der Waals surface area contributed by atoms with Crippen molar-refractivity contribution in [1.82, 2.24) is 4.31 Å². The molecule has 1 saturated heterocycles. The molecule has 1 fully saturated rings. The Morgan fingerprint density at radius 3 is 2.76 bits per heavy atom. The standard InChI is InChI=1S/C15H24N2O3S/c1-12-8-15(6-5-14(12)9-16)21(18,19)17(2)10-13-4-3-7-20-11-13/h5-6,8,13H,3-4,7,9-11,16H2,1-2H3. The van der Waals surface area contributed by atoms with Crippen LogP contribution in [0, 0.1) is 12.8 Å². The molecular formula is C15H24N2O3S. The molecule has 1 heterocycles. The summed E-state index contributed by atoms with van der Waals surface area (Å²) in [5, 5.41) is 0. The maximum absolute atomic E-state index is 12.6. The highest BCUT2D eigenvalue weighted by atomic mass is 32.2. The predicted molar refractivity (Wildman–Crippen MR) is 82.4 cm³/mol.